The number of hydrogen-bond acceptors (Lipinski definition) is 4. The van der Waals surface area contributed by atoms with Crippen molar-refractivity contribution in [2.45, 2.75) is 26.4 Å². The van der Waals surface area contributed by atoms with Crippen LogP contribution in [0.2, 0.25) is 0 Å². The quantitative estimate of drug-likeness (QED) is 0.721. The van der Waals surface area contributed by atoms with E-state index in [1.165, 1.54) is 5.56 Å². The third-order valence-electron chi connectivity index (χ3n) is 3.19. The molecule has 1 heterocycles. The average Bonchev–Trinajstić information content (AvgIpc) is 2.97. The molecule has 0 saturated heterocycles. The van der Waals surface area contributed by atoms with Gasteiger partial charge in [0.2, 0.25) is 5.95 Å². The number of ether oxygens (including phenoxy) is 2. The minimum atomic E-state index is 0.722. The van der Waals surface area contributed by atoms with Crippen LogP contribution in [0.4, 0.5) is 5.95 Å². The normalized spacial score (nSPS) is 10.6. The van der Waals surface area contributed by atoms with Gasteiger partial charge >= 0.3 is 0 Å². The molecule has 5 nitrogen and oxygen atoms in total. The average molecular weight is 289 g/mol. The molecule has 2 aromatic rings. The van der Waals surface area contributed by atoms with Crippen LogP contribution in [0.25, 0.3) is 0 Å². The molecule has 0 aliphatic rings. The van der Waals surface area contributed by atoms with E-state index in [9.17, 15) is 0 Å². The lowest BCUT2D eigenvalue weighted by Crippen LogP contribution is -2.09. The number of anilines is 1. The van der Waals surface area contributed by atoms with Crippen molar-refractivity contribution in [1.29, 1.82) is 0 Å². The van der Waals surface area contributed by atoms with Crippen LogP contribution < -0.4 is 10.1 Å². The Morgan fingerprint density at radius 1 is 1.33 bits per heavy atom. The van der Waals surface area contributed by atoms with Crippen molar-refractivity contribution in [1.82, 2.24) is 9.55 Å². The van der Waals surface area contributed by atoms with Crippen LogP contribution in [0.15, 0.2) is 36.7 Å². The Balaban J connectivity index is 1.86. The number of rotatable bonds is 9. The highest BCUT2D eigenvalue weighted by molar-refractivity contribution is 5.33. The van der Waals surface area contributed by atoms with Crippen LogP contribution in [-0.4, -0.2) is 29.9 Å². The predicted octanol–water partition coefficient (Wildman–Crippen LogP) is 2.93. The second-order valence-electron chi connectivity index (χ2n) is 4.70. The monoisotopic (exact) mass is 289 g/mol. The summed E-state index contributed by atoms with van der Waals surface area (Å²) in [6.45, 7) is 5.19. The molecule has 0 atom stereocenters. The van der Waals surface area contributed by atoms with Gasteiger partial charge in [-0.1, -0.05) is 12.1 Å². The summed E-state index contributed by atoms with van der Waals surface area (Å²) in [6.07, 6.45) is 4.78. The summed E-state index contributed by atoms with van der Waals surface area (Å²) in [4.78, 5) is 4.35. The van der Waals surface area contributed by atoms with Crippen molar-refractivity contribution in [3.63, 3.8) is 0 Å². The fourth-order valence-electron chi connectivity index (χ4n) is 2.10. The topological polar surface area (TPSA) is 48.3 Å². The molecule has 0 amide bonds. The first-order chi connectivity index (χ1) is 10.3. The standard InChI is InChI=1S/C16H23N3O2/c1-3-21-11-5-9-19-10-8-17-16(19)18-13-14-6-4-7-15(12-14)20-2/h4,6-8,10,12H,3,5,9,11,13H2,1-2H3,(H,17,18). The predicted molar refractivity (Wildman–Crippen MR) is 83.7 cm³/mol. The lowest BCUT2D eigenvalue weighted by Gasteiger charge is -2.10. The summed E-state index contributed by atoms with van der Waals surface area (Å²) in [6, 6.07) is 8.02. The third-order valence-corrected chi connectivity index (χ3v) is 3.19. The fourth-order valence-corrected chi connectivity index (χ4v) is 2.10. The molecule has 114 valence electrons. The molecule has 0 fully saturated rings. The lowest BCUT2D eigenvalue weighted by atomic mass is 10.2. The van der Waals surface area contributed by atoms with Gasteiger partial charge in [-0.2, -0.15) is 0 Å². The highest BCUT2D eigenvalue weighted by Crippen LogP contribution is 2.14. The van der Waals surface area contributed by atoms with E-state index in [2.05, 4.69) is 20.9 Å². The Labute approximate surface area is 125 Å². The largest absolute Gasteiger partial charge is 0.497 e. The van der Waals surface area contributed by atoms with E-state index in [1.54, 1.807) is 7.11 Å². The minimum absolute atomic E-state index is 0.722. The maximum atomic E-state index is 5.36. The number of aryl methyl sites for hydroxylation is 1. The number of hydrogen-bond donors (Lipinski definition) is 1. The van der Waals surface area contributed by atoms with Gasteiger partial charge < -0.3 is 19.4 Å². The zero-order valence-corrected chi connectivity index (χ0v) is 12.7. The van der Waals surface area contributed by atoms with Gasteiger partial charge in [-0.05, 0) is 31.0 Å². The summed E-state index contributed by atoms with van der Waals surface area (Å²) in [5, 5.41) is 3.36. The smallest absolute Gasteiger partial charge is 0.203 e. The molecule has 0 spiro atoms. The maximum absolute atomic E-state index is 5.36. The van der Waals surface area contributed by atoms with Gasteiger partial charge in [0.05, 0.1) is 7.11 Å². The van der Waals surface area contributed by atoms with E-state index in [-0.39, 0.29) is 0 Å². The number of methoxy groups -OCH3 is 1. The molecule has 1 aromatic carbocycles. The Morgan fingerprint density at radius 2 is 2.24 bits per heavy atom. The molecular formula is C16H23N3O2. The summed E-state index contributed by atoms with van der Waals surface area (Å²) in [5.74, 6) is 1.75. The van der Waals surface area contributed by atoms with E-state index in [0.717, 1.165) is 44.4 Å². The molecule has 1 aromatic heterocycles. The molecule has 0 radical (unpaired) electrons. The molecule has 0 unspecified atom stereocenters. The number of imidazole rings is 1. The molecule has 0 aliphatic carbocycles. The number of nitrogens with one attached hydrogen (secondary N) is 1. The van der Waals surface area contributed by atoms with Gasteiger partial charge in [-0.25, -0.2) is 4.98 Å². The number of aromatic nitrogens is 2. The van der Waals surface area contributed by atoms with Crippen LogP contribution in [0.3, 0.4) is 0 Å². The summed E-state index contributed by atoms with van der Waals surface area (Å²) in [7, 11) is 1.68. The van der Waals surface area contributed by atoms with Gasteiger partial charge in [0.1, 0.15) is 5.75 Å². The van der Waals surface area contributed by atoms with Crippen molar-refractivity contribution >= 4 is 5.95 Å². The first kappa shape index (κ1) is 15.4. The van der Waals surface area contributed by atoms with Crippen molar-refractivity contribution in [3.8, 4) is 5.75 Å². The third kappa shape index (κ3) is 4.79. The Morgan fingerprint density at radius 3 is 3.05 bits per heavy atom. The van der Waals surface area contributed by atoms with Crippen LogP contribution in [0.5, 0.6) is 5.75 Å². The van der Waals surface area contributed by atoms with Gasteiger partial charge in [0, 0.05) is 38.7 Å². The molecule has 2 rings (SSSR count). The van der Waals surface area contributed by atoms with Gasteiger partial charge in [-0.3, -0.25) is 0 Å². The van der Waals surface area contributed by atoms with Crippen LogP contribution in [0, 0.1) is 0 Å². The first-order valence-electron chi connectivity index (χ1n) is 7.29. The molecule has 0 saturated carbocycles. The van der Waals surface area contributed by atoms with Gasteiger partial charge in [-0.15, -0.1) is 0 Å². The van der Waals surface area contributed by atoms with Crippen LogP contribution in [0.1, 0.15) is 18.9 Å². The van der Waals surface area contributed by atoms with Crippen molar-refractivity contribution in [2.24, 2.45) is 0 Å². The van der Waals surface area contributed by atoms with E-state index < -0.39 is 0 Å². The zero-order chi connectivity index (χ0) is 14.9. The molecule has 0 aliphatic heterocycles. The number of benzene rings is 1. The van der Waals surface area contributed by atoms with Gasteiger partial charge in [0.15, 0.2) is 0 Å². The highest BCUT2D eigenvalue weighted by atomic mass is 16.5. The SMILES string of the molecule is CCOCCCn1ccnc1NCc1cccc(OC)c1. The van der Waals surface area contributed by atoms with Crippen LogP contribution >= 0.6 is 0 Å². The molecule has 5 heteroatoms. The number of nitrogens with zero attached hydrogens (tertiary/aromatic N) is 2. The van der Waals surface area contributed by atoms with E-state index >= 15 is 0 Å². The maximum Gasteiger partial charge on any atom is 0.203 e. The Bertz CT molecular complexity index is 540. The summed E-state index contributed by atoms with van der Waals surface area (Å²) >= 11 is 0. The summed E-state index contributed by atoms with van der Waals surface area (Å²) in [5.41, 5.74) is 1.17. The first-order valence-corrected chi connectivity index (χ1v) is 7.29. The Kier molecular flexibility index (Phi) is 6.09. The Hall–Kier alpha value is -2.01. The molecule has 0 bridgehead atoms. The second-order valence-corrected chi connectivity index (χ2v) is 4.70. The lowest BCUT2D eigenvalue weighted by molar-refractivity contribution is 0.142. The van der Waals surface area contributed by atoms with E-state index in [4.69, 9.17) is 9.47 Å². The minimum Gasteiger partial charge on any atom is -0.497 e. The van der Waals surface area contributed by atoms with Crippen molar-refractivity contribution in [3.05, 3.63) is 42.2 Å². The molecule has 1 N–H and O–H groups in total. The fraction of sp³-hybridized carbons (Fsp3) is 0.438. The van der Waals surface area contributed by atoms with E-state index in [0.29, 0.717) is 0 Å². The molecule has 21 heavy (non-hydrogen) atoms. The van der Waals surface area contributed by atoms with E-state index in [1.807, 2.05) is 37.5 Å². The molecular weight excluding hydrogens is 266 g/mol. The second kappa shape index (κ2) is 8.32. The zero-order valence-electron chi connectivity index (χ0n) is 12.7. The van der Waals surface area contributed by atoms with Gasteiger partial charge in [0.25, 0.3) is 0 Å². The van der Waals surface area contributed by atoms with Crippen molar-refractivity contribution in [2.75, 3.05) is 25.6 Å². The summed E-state index contributed by atoms with van der Waals surface area (Å²) < 4.78 is 12.7. The highest BCUT2D eigenvalue weighted by Gasteiger charge is 2.03. The van der Waals surface area contributed by atoms with Crippen LogP contribution in [-0.2, 0) is 17.8 Å². The van der Waals surface area contributed by atoms with Crippen molar-refractivity contribution < 1.29 is 9.47 Å².